The van der Waals surface area contributed by atoms with E-state index in [0.717, 1.165) is 29.0 Å². The van der Waals surface area contributed by atoms with Crippen molar-refractivity contribution in [2.45, 2.75) is 36.6 Å². The molecule has 2 heterocycles. The van der Waals surface area contributed by atoms with Crippen LogP contribution in [0.1, 0.15) is 25.1 Å². The molecule has 4 rings (SSSR count). The average Bonchev–Trinajstić information content (AvgIpc) is 3.38. The van der Waals surface area contributed by atoms with Crippen LogP contribution in [-0.4, -0.2) is 47.7 Å². The van der Waals surface area contributed by atoms with E-state index in [4.69, 9.17) is 0 Å². The minimum atomic E-state index is -3.85. The lowest BCUT2D eigenvalue weighted by Crippen LogP contribution is -2.46. The molecule has 1 atom stereocenters. The first-order chi connectivity index (χ1) is 14.4. The number of carbonyl (C=O) groups is 1. The fraction of sp³-hybridized carbons (Fsp3) is 0.333. The number of carbonyl (C=O) groups excluding carboxylic acids is 1. The summed E-state index contributed by atoms with van der Waals surface area (Å²) in [5, 5.41) is 2.84. The maximum atomic E-state index is 13.1. The third-order valence-electron chi connectivity index (χ3n) is 5.25. The molecule has 7 nitrogen and oxygen atoms in total. The van der Waals surface area contributed by atoms with Crippen LogP contribution in [0.3, 0.4) is 0 Å². The third kappa shape index (κ3) is 4.22. The van der Waals surface area contributed by atoms with Gasteiger partial charge in [-0.3, -0.25) is 4.79 Å². The zero-order valence-electron chi connectivity index (χ0n) is 16.3. The van der Waals surface area contributed by atoms with Crippen molar-refractivity contribution in [1.82, 2.24) is 19.6 Å². The Hall–Kier alpha value is -2.78. The highest BCUT2D eigenvalue weighted by atomic mass is 32.2. The molecule has 0 unspecified atom stereocenters. The number of aromatic nitrogens is 2. The topological polar surface area (TPSA) is 95.2 Å². The summed E-state index contributed by atoms with van der Waals surface area (Å²) in [6.45, 7) is 0.702. The van der Waals surface area contributed by atoms with E-state index < -0.39 is 21.9 Å². The highest BCUT2D eigenvalue weighted by molar-refractivity contribution is 7.89. The number of imidazole rings is 1. The molecule has 9 heteroatoms. The highest BCUT2D eigenvalue weighted by Crippen LogP contribution is 2.26. The van der Waals surface area contributed by atoms with Crippen molar-refractivity contribution in [3.8, 4) is 0 Å². The Kier molecular flexibility index (Phi) is 5.83. The Morgan fingerprint density at radius 1 is 1.20 bits per heavy atom. The van der Waals surface area contributed by atoms with Crippen LogP contribution in [0.5, 0.6) is 0 Å². The number of fused-ring (bicyclic) bond motifs is 1. The molecule has 1 amide bonds. The van der Waals surface area contributed by atoms with Crippen LogP contribution in [0.2, 0.25) is 0 Å². The number of hydrogen-bond acceptors (Lipinski definition) is 4. The molecule has 3 aromatic rings. The molecular formula is C21H23FN4O3S. The molecule has 1 aliphatic rings. The number of H-pyrrole nitrogens is 1. The van der Waals surface area contributed by atoms with Crippen molar-refractivity contribution in [2.75, 3.05) is 13.1 Å². The smallest absolute Gasteiger partial charge is 0.243 e. The molecule has 1 saturated heterocycles. The molecule has 1 aliphatic heterocycles. The minimum absolute atomic E-state index is 0.00603. The number of nitrogens with zero attached hydrogens (tertiary/aromatic N) is 2. The summed E-state index contributed by atoms with van der Waals surface area (Å²) in [5.41, 5.74) is 1.88. The van der Waals surface area contributed by atoms with E-state index >= 15 is 0 Å². The van der Waals surface area contributed by atoms with Gasteiger partial charge in [0.15, 0.2) is 0 Å². The van der Waals surface area contributed by atoms with Gasteiger partial charge in [-0.15, -0.1) is 0 Å². The normalized spacial score (nSPS) is 17.4. The maximum absolute atomic E-state index is 13.1. The summed E-state index contributed by atoms with van der Waals surface area (Å²) < 4.78 is 40.1. The quantitative estimate of drug-likeness (QED) is 0.564. The third-order valence-corrected chi connectivity index (χ3v) is 7.18. The summed E-state index contributed by atoms with van der Waals surface area (Å²) in [6.07, 6.45) is 2.44. The summed E-state index contributed by atoms with van der Waals surface area (Å²) in [5.74, 6) is 0.0451. The van der Waals surface area contributed by atoms with Gasteiger partial charge < -0.3 is 10.3 Å². The van der Waals surface area contributed by atoms with E-state index in [2.05, 4.69) is 15.3 Å². The molecule has 1 fully saturated rings. The van der Waals surface area contributed by atoms with Crippen LogP contribution in [-0.2, 0) is 21.2 Å². The van der Waals surface area contributed by atoms with E-state index in [1.807, 2.05) is 24.3 Å². The van der Waals surface area contributed by atoms with Crippen molar-refractivity contribution in [1.29, 1.82) is 0 Å². The zero-order valence-corrected chi connectivity index (χ0v) is 17.2. The van der Waals surface area contributed by atoms with E-state index in [-0.39, 0.29) is 17.3 Å². The number of aryl methyl sites for hydroxylation is 1. The summed E-state index contributed by atoms with van der Waals surface area (Å²) >= 11 is 0. The zero-order chi connectivity index (χ0) is 21.1. The predicted molar refractivity (Wildman–Crippen MR) is 111 cm³/mol. The Labute approximate surface area is 174 Å². The molecule has 0 radical (unpaired) electrons. The fourth-order valence-electron chi connectivity index (χ4n) is 3.74. The number of hydrogen-bond donors (Lipinski definition) is 2. The van der Waals surface area contributed by atoms with Gasteiger partial charge in [0.1, 0.15) is 17.7 Å². The minimum Gasteiger partial charge on any atom is -0.355 e. The molecule has 0 spiro atoms. The van der Waals surface area contributed by atoms with Crippen LogP contribution in [0, 0.1) is 5.82 Å². The molecular weight excluding hydrogens is 407 g/mol. The number of aromatic amines is 1. The molecule has 158 valence electrons. The van der Waals surface area contributed by atoms with Crippen LogP contribution in [0.15, 0.2) is 53.4 Å². The number of benzene rings is 2. The van der Waals surface area contributed by atoms with Gasteiger partial charge in [0.05, 0.1) is 15.9 Å². The van der Waals surface area contributed by atoms with Crippen LogP contribution >= 0.6 is 0 Å². The van der Waals surface area contributed by atoms with Gasteiger partial charge in [0.2, 0.25) is 15.9 Å². The lowest BCUT2D eigenvalue weighted by Gasteiger charge is -2.23. The Balaban J connectivity index is 1.33. The van der Waals surface area contributed by atoms with E-state index in [9.17, 15) is 17.6 Å². The molecule has 30 heavy (non-hydrogen) atoms. The number of rotatable bonds is 7. The summed E-state index contributed by atoms with van der Waals surface area (Å²) in [7, 11) is -3.85. The Morgan fingerprint density at radius 2 is 1.97 bits per heavy atom. The van der Waals surface area contributed by atoms with Gasteiger partial charge in [-0.2, -0.15) is 4.31 Å². The lowest BCUT2D eigenvalue weighted by atomic mass is 10.2. The molecule has 2 aromatic carbocycles. The van der Waals surface area contributed by atoms with Crippen molar-refractivity contribution >= 4 is 27.0 Å². The average molecular weight is 431 g/mol. The van der Waals surface area contributed by atoms with Crippen LogP contribution in [0.4, 0.5) is 4.39 Å². The second-order valence-corrected chi connectivity index (χ2v) is 9.21. The maximum Gasteiger partial charge on any atom is 0.243 e. The largest absolute Gasteiger partial charge is 0.355 e. The van der Waals surface area contributed by atoms with Crippen molar-refractivity contribution in [3.05, 3.63) is 60.2 Å². The summed E-state index contributed by atoms with van der Waals surface area (Å²) in [6, 6.07) is 11.7. The van der Waals surface area contributed by atoms with Gasteiger partial charge in [0.25, 0.3) is 0 Å². The molecule has 0 aliphatic carbocycles. The SMILES string of the molecule is O=C(NCCCc1nc2ccccc2[nH]1)[C@H]1CCCN1S(=O)(=O)c1ccc(F)cc1. The fourth-order valence-corrected chi connectivity index (χ4v) is 5.40. The van der Waals surface area contributed by atoms with E-state index in [0.29, 0.717) is 32.2 Å². The van der Waals surface area contributed by atoms with Gasteiger partial charge in [0, 0.05) is 19.5 Å². The van der Waals surface area contributed by atoms with Gasteiger partial charge >= 0.3 is 0 Å². The van der Waals surface area contributed by atoms with Crippen LogP contribution < -0.4 is 5.32 Å². The number of halogens is 1. The number of amides is 1. The Bertz CT molecular complexity index is 1110. The van der Waals surface area contributed by atoms with Crippen LogP contribution in [0.25, 0.3) is 11.0 Å². The van der Waals surface area contributed by atoms with Gasteiger partial charge in [-0.25, -0.2) is 17.8 Å². The van der Waals surface area contributed by atoms with Gasteiger partial charge in [-0.1, -0.05) is 12.1 Å². The molecule has 2 N–H and O–H groups in total. The number of sulfonamides is 1. The first-order valence-corrected chi connectivity index (χ1v) is 11.4. The van der Waals surface area contributed by atoms with E-state index in [1.165, 1.54) is 16.4 Å². The standard InChI is InChI=1S/C21H23FN4O3S/c22-15-9-11-16(12-10-15)30(28,29)26-14-4-7-19(26)21(27)23-13-3-8-20-24-17-5-1-2-6-18(17)25-20/h1-2,5-6,9-12,19H,3-4,7-8,13-14H2,(H,23,27)(H,24,25)/t19-/m1/s1. The second kappa shape index (κ2) is 8.53. The number of nitrogens with one attached hydrogen (secondary N) is 2. The van der Waals surface area contributed by atoms with Gasteiger partial charge in [-0.05, 0) is 55.7 Å². The summed E-state index contributed by atoms with van der Waals surface area (Å²) in [4.78, 5) is 20.4. The van der Waals surface area contributed by atoms with E-state index in [1.54, 1.807) is 0 Å². The van der Waals surface area contributed by atoms with Crippen molar-refractivity contribution in [3.63, 3.8) is 0 Å². The van der Waals surface area contributed by atoms with Crippen molar-refractivity contribution in [2.24, 2.45) is 0 Å². The highest BCUT2D eigenvalue weighted by Gasteiger charge is 2.39. The lowest BCUT2D eigenvalue weighted by molar-refractivity contribution is -0.124. The van der Waals surface area contributed by atoms with Crippen molar-refractivity contribution < 1.29 is 17.6 Å². The first-order valence-electron chi connectivity index (χ1n) is 9.94. The molecule has 0 saturated carbocycles. The number of para-hydroxylation sites is 2. The monoisotopic (exact) mass is 430 g/mol. The Morgan fingerprint density at radius 3 is 2.73 bits per heavy atom. The first kappa shape index (κ1) is 20.5. The second-order valence-electron chi connectivity index (χ2n) is 7.32. The molecule has 1 aromatic heterocycles. The molecule has 0 bridgehead atoms. The predicted octanol–water partition coefficient (Wildman–Crippen LogP) is 2.60.